The fourth-order valence-electron chi connectivity index (χ4n) is 3.52. The van der Waals surface area contributed by atoms with Gasteiger partial charge in [0, 0.05) is 51.4 Å². The predicted molar refractivity (Wildman–Crippen MR) is 101 cm³/mol. The van der Waals surface area contributed by atoms with E-state index in [4.69, 9.17) is 4.74 Å². The molecule has 0 radical (unpaired) electrons. The summed E-state index contributed by atoms with van der Waals surface area (Å²) < 4.78 is 5.23. The van der Waals surface area contributed by atoms with Crippen LogP contribution in [0.25, 0.3) is 0 Å². The number of hydrogen-bond donors (Lipinski definition) is 3. The number of carbonyl (C=O) groups excluding carboxylic acids is 2. The molecule has 2 aliphatic rings. The maximum absolute atomic E-state index is 12.5. The average molecular weight is 361 g/mol. The molecule has 8 heteroatoms. The van der Waals surface area contributed by atoms with Gasteiger partial charge in [-0.2, -0.15) is 0 Å². The summed E-state index contributed by atoms with van der Waals surface area (Å²) in [6, 6.07) is 5.68. The Hall–Kier alpha value is -2.32. The van der Waals surface area contributed by atoms with Gasteiger partial charge in [-0.25, -0.2) is 4.79 Å². The molecule has 2 saturated heterocycles. The smallest absolute Gasteiger partial charge is 0.321 e. The van der Waals surface area contributed by atoms with Gasteiger partial charge in [-0.1, -0.05) is 0 Å². The molecule has 0 bridgehead atoms. The van der Waals surface area contributed by atoms with E-state index in [9.17, 15) is 9.59 Å². The van der Waals surface area contributed by atoms with Crippen molar-refractivity contribution < 1.29 is 14.3 Å². The van der Waals surface area contributed by atoms with Gasteiger partial charge in [0.2, 0.25) is 5.91 Å². The summed E-state index contributed by atoms with van der Waals surface area (Å²) in [5, 5.41) is 9.01. The van der Waals surface area contributed by atoms with Crippen molar-refractivity contribution in [1.82, 2.24) is 15.1 Å². The van der Waals surface area contributed by atoms with Crippen molar-refractivity contribution in [2.75, 3.05) is 57.0 Å². The molecule has 2 aliphatic heterocycles. The molecule has 1 atom stereocenters. The fourth-order valence-corrected chi connectivity index (χ4v) is 3.52. The van der Waals surface area contributed by atoms with E-state index in [2.05, 4.69) is 20.9 Å². The number of benzene rings is 1. The van der Waals surface area contributed by atoms with Gasteiger partial charge in [-0.3, -0.25) is 9.69 Å². The number of rotatable bonds is 4. The van der Waals surface area contributed by atoms with Crippen LogP contribution < -0.4 is 20.7 Å². The van der Waals surface area contributed by atoms with Gasteiger partial charge in [-0.05, 0) is 31.2 Å². The van der Waals surface area contributed by atoms with Crippen molar-refractivity contribution >= 4 is 23.3 Å². The van der Waals surface area contributed by atoms with Gasteiger partial charge in [0.25, 0.3) is 0 Å². The van der Waals surface area contributed by atoms with E-state index in [1.165, 1.54) is 20.5 Å². The van der Waals surface area contributed by atoms with Gasteiger partial charge in [-0.15, -0.1) is 0 Å². The summed E-state index contributed by atoms with van der Waals surface area (Å²) in [4.78, 5) is 28.2. The van der Waals surface area contributed by atoms with Crippen molar-refractivity contribution in [3.05, 3.63) is 18.2 Å². The molecule has 0 aromatic heterocycles. The van der Waals surface area contributed by atoms with Crippen LogP contribution >= 0.6 is 0 Å². The van der Waals surface area contributed by atoms with Gasteiger partial charge in [0.05, 0.1) is 12.8 Å². The van der Waals surface area contributed by atoms with Crippen molar-refractivity contribution in [2.24, 2.45) is 0 Å². The molecular weight excluding hydrogens is 334 g/mol. The molecule has 26 heavy (non-hydrogen) atoms. The van der Waals surface area contributed by atoms with Crippen molar-refractivity contribution in [3.63, 3.8) is 0 Å². The van der Waals surface area contributed by atoms with E-state index >= 15 is 0 Å². The highest BCUT2D eigenvalue weighted by molar-refractivity contribution is 5.94. The Morgan fingerprint density at radius 3 is 2.58 bits per heavy atom. The van der Waals surface area contributed by atoms with E-state index in [1.54, 1.807) is 18.2 Å². The number of carbonyl (C=O) groups is 2. The number of anilines is 2. The molecule has 1 aromatic rings. The van der Waals surface area contributed by atoms with Crippen LogP contribution in [0.2, 0.25) is 0 Å². The molecule has 3 N–H and O–H groups in total. The first-order valence-corrected chi connectivity index (χ1v) is 9.03. The lowest BCUT2D eigenvalue weighted by Crippen LogP contribution is -2.53. The number of methoxy groups -OCH3 is 1. The number of nitrogens with one attached hydrogen (secondary N) is 3. The second-order valence-electron chi connectivity index (χ2n) is 6.70. The third-order valence-corrected chi connectivity index (χ3v) is 4.91. The Morgan fingerprint density at radius 1 is 1.19 bits per heavy atom. The van der Waals surface area contributed by atoms with Gasteiger partial charge in [0.1, 0.15) is 5.75 Å². The first-order valence-electron chi connectivity index (χ1n) is 9.03. The molecule has 3 rings (SSSR count). The minimum Gasteiger partial charge on any atom is -0.495 e. The lowest BCUT2D eigenvalue weighted by atomic mass is 10.2. The van der Waals surface area contributed by atoms with Gasteiger partial charge in [0.15, 0.2) is 0 Å². The van der Waals surface area contributed by atoms with Gasteiger partial charge >= 0.3 is 6.03 Å². The highest BCUT2D eigenvalue weighted by Crippen LogP contribution is 2.28. The molecule has 2 heterocycles. The van der Waals surface area contributed by atoms with E-state index in [0.717, 1.165) is 39.3 Å². The second kappa shape index (κ2) is 8.37. The Bertz CT molecular complexity index is 652. The van der Waals surface area contributed by atoms with Crippen LogP contribution in [-0.2, 0) is 4.79 Å². The van der Waals surface area contributed by atoms with Crippen molar-refractivity contribution in [3.8, 4) is 5.75 Å². The lowest BCUT2D eigenvalue weighted by Gasteiger charge is -2.37. The number of nitrogens with zero attached hydrogens (tertiary/aromatic N) is 2. The molecule has 142 valence electrons. The largest absolute Gasteiger partial charge is 0.495 e. The molecule has 0 unspecified atom stereocenters. The summed E-state index contributed by atoms with van der Waals surface area (Å²) in [5.74, 6) is 0.362. The number of urea groups is 1. The zero-order chi connectivity index (χ0) is 18.5. The summed E-state index contributed by atoms with van der Waals surface area (Å²) >= 11 is 0. The topological polar surface area (TPSA) is 85.9 Å². The number of amides is 3. The van der Waals surface area contributed by atoms with Crippen LogP contribution in [0.3, 0.4) is 0 Å². The molecule has 3 amide bonds. The Balaban J connectivity index is 1.57. The van der Waals surface area contributed by atoms with E-state index < -0.39 is 0 Å². The van der Waals surface area contributed by atoms with Crippen LogP contribution in [-0.4, -0.2) is 74.2 Å². The molecule has 0 spiro atoms. The maximum atomic E-state index is 12.5. The predicted octanol–water partition coefficient (Wildman–Crippen LogP) is 1.16. The minimum absolute atomic E-state index is 0.117. The number of hydrogen-bond acceptors (Lipinski definition) is 5. The van der Waals surface area contributed by atoms with Crippen LogP contribution in [0, 0.1) is 0 Å². The van der Waals surface area contributed by atoms with Crippen molar-refractivity contribution in [2.45, 2.75) is 19.4 Å². The summed E-state index contributed by atoms with van der Waals surface area (Å²) in [5.41, 5.74) is 1.17. The Labute approximate surface area is 153 Å². The van der Waals surface area contributed by atoms with Crippen LogP contribution in [0.1, 0.15) is 13.3 Å². The SMILES string of the molecule is COc1ccc(NC(=O)N2CCN([C@H]3CCNC3)CC2)cc1NC(C)=O. The van der Waals surface area contributed by atoms with E-state index in [-0.39, 0.29) is 11.9 Å². The normalized spacial score (nSPS) is 20.7. The van der Waals surface area contributed by atoms with E-state index in [1.807, 2.05) is 4.90 Å². The first kappa shape index (κ1) is 18.5. The standard InChI is InChI=1S/C18H27N5O3/c1-13(24)20-16-11-14(3-4-17(16)26-2)21-18(25)23-9-7-22(8-10-23)15-5-6-19-12-15/h3-4,11,15,19H,5-10,12H2,1-2H3,(H,20,24)(H,21,25)/t15-/m0/s1. The van der Waals surface area contributed by atoms with Crippen LogP contribution in [0.4, 0.5) is 16.2 Å². The summed E-state index contributed by atoms with van der Waals surface area (Å²) in [6.07, 6.45) is 1.18. The minimum atomic E-state index is -0.190. The molecule has 2 fully saturated rings. The van der Waals surface area contributed by atoms with Crippen molar-refractivity contribution in [1.29, 1.82) is 0 Å². The highest BCUT2D eigenvalue weighted by atomic mass is 16.5. The summed E-state index contributed by atoms with van der Waals surface area (Å²) in [7, 11) is 1.54. The third kappa shape index (κ3) is 4.44. The number of ether oxygens (including phenoxy) is 1. The maximum Gasteiger partial charge on any atom is 0.321 e. The Kier molecular flexibility index (Phi) is 5.95. The average Bonchev–Trinajstić information content (AvgIpc) is 3.16. The van der Waals surface area contributed by atoms with Gasteiger partial charge < -0.3 is 25.6 Å². The highest BCUT2D eigenvalue weighted by Gasteiger charge is 2.27. The zero-order valence-corrected chi connectivity index (χ0v) is 15.4. The van der Waals surface area contributed by atoms with E-state index in [0.29, 0.717) is 23.2 Å². The lowest BCUT2D eigenvalue weighted by molar-refractivity contribution is -0.114. The molecule has 0 saturated carbocycles. The van der Waals surface area contributed by atoms with Crippen LogP contribution in [0.15, 0.2) is 18.2 Å². The number of piperazine rings is 1. The zero-order valence-electron chi connectivity index (χ0n) is 15.4. The molecule has 1 aromatic carbocycles. The monoisotopic (exact) mass is 361 g/mol. The quantitative estimate of drug-likeness (QED) is 0.749. The Morgan fingerprint density at radius 2 is 1.96 bits per heavy atom. The molecular formula is C18H27N5O3. The molecule has 8 nitrogen and oxygen atoms in total. The second-order valence-corrected chi connectivity index (χ2v) is 6.70. The first-order chi connectivity index (χ1) is 12.6. The van der Waals surface area contributed by atoms with Crippen LogP contribution in [0.5, 0.6) is 5.75 Å². The third-order valence-electron chi connectivity index (χ3n) is 4.91. The fraction of sp³-hybridized carbons (Fsp3) is 0.556. The molecule has 0 aliphatic carbocycles. The summed E-state index contributed by atoms with van der Waals surface area (Å²) in [6.45, 7) is 6.81.